The molecule has 0 radical (unpaired) electrons. The number of carbonyl (C=O) groups is 2. The highest BCUT2D eigenvalue weighted by molar-refractivity contribution is 7.15. The standard InChI is InChI=1S/C13H14N4O3S/c1-8-16-17-13(21-8)15-12(20)14-10-4-2-3-9(7-10)5-6-11(18)19/h2-4,7H,5-6H2,1H3,(H,18,19)(H2,14,15,17,20). The normalized spacial score (nSPS) is 10.1. The van der Waals surface area contributed by atoms with Crippen LogP contribution < -0.4 is 10.6 Å². The summed E-state index contributed by atoms with van der Waals surface area (Å²) in [6.45, 7) is 1.80. The number of carboxylic acids is 1. The van der Waals surface area contributed by atoms with Crippen LogP contribution >= 0.6 is 11.3 Å². The van der Waals surface area contributed by atoms with E-state index in [1.165, 1.54) is 11.3 Å². The van der Waals surface area contributed by atoms with Crippen LogP contribution in [0.15, 0.2) is 24.3 Å². The SMILES string of the molecule is Cc1nnc(NC(=O)Nc2cccc(CCC(=O)O)c2)s1. The Kier molecular flexibility index (Phi) is 4.83. The number of rotatable bonds is 5. The molecule has 110 valence electrons. The minimum absolute atomic E-state index is 0.0553. The molecular formula is C13H14N4O3S. The summed E-state index contributed by atoms with van der Waals surface area (Å²) in [5.41, 5.74) is 1.44. The number of anilines is 2. The molecule has 0 atom stereocenters. The van der Waals surface area contributed by atoms with Crippen molar-refractivity contribution in [3.63, 3.8) is 0 Å². The van der Waals surface area contributed by atoms with Gasteiger partial charge in [-0.15, -0.1) is 10.2 Å². The molecule has 0 saturated carbocycles. The summed E-state index contributed by atoms with van der Waals surface area (Å²) in [5, 5.41) is 22.7. The van der Waals surface area contributed by atoms with Crippen LogP contribution in [0.4, 0.5) is 15.6 Å². The molecule has 0 aliphatic heterocycles. The van der Waals surface area contributed by atoms with Crippen molar-refractivity contribution >= 4 is 34.2 Å². The second-order valence-corrected chi connectivity index (χ2v) is 5.48. The number of aromatic nitrogens is 2. The number of nitrogens with one attached hydrogen (secondary N) is 2. The highest BCUT2D eigenvalue weighted by atomic mass is 32.1. The lowest BCUT2D eigenvalue weighted by atomic mass is 10.1. The largest absolute Gasteiger partial charge is 0.481 e. The smallest absolute Gasteiger partial charge is 0.325 e. The lowest BCUT2D eigenvalue weighted by Crippen LogP contribution is -2.19. The number of carboxylic acid groups (broad SMARTS) is 1. The van der Waals surface area contributed by atoms with Crippen LogP contribution in [-0.2, 0) is 11.2 Å². The molecule has 0 bridgehead atoms. The Morgan fingerprint density at radius 2 is 2.10 bits per heavy atom. The summed E-state index contributed by atoms with van der Waals surface area (Å²) >= 11 is 1.28. The summed E-state index contributed by atoms with van der Waals surface area (Å²) < 4.78 is 0. The number of aliphatic carboxylic acids is 1. The van der Waals surface area contributed by atoms with E-state index in [-0.39, 0.29) is 6.42 Å². The predicted octanol–water partition coefficient (Wildman–Crippen LogP) is 2.51. The lowest BCUT2D eigenvalue weighted by molar-refractivity contribution is -0.136. The van der Waals surface area contributed by atoms with E-state index in [1.807, 2.05) is 6.07 Å². The van der Waals surface area contributed by atoms with E-state index in [2.05, 4.69) is 20.8 Å². The van der Waals surface area contributed by atoms with Crippen molar-refractivity contribution in [2.75, 3.05) is 10.6 Å². The molecule has 0 unspecified atom stereocenters. The Morgan fingerprint density at radius 1 is 1.29 bits per heavy atom. The van der Waals surface area contributed by atoms with E-state index in [9.17, 15) is 9.59 Å². The van der Waals surface area contributed by atoms with Crippen molar-refractivity contribution in [3.8, 4) is 0 Å². The fourth-order valence-corrected chi connectivity index (χ4v) is 2.25. The van der Waals surface area contributed by atoms with Gasteiger partial charge in [0.1, 0.15) is 5.01 Å². The Hall–Kier alpha value is -2.48. The number of urea groups is 1. The molecule has 0 aliphatic rings. The molecule has 0 saturated heterocycles. The number of carbonyl (C=O) groups excluding carboxylic acids is 1. The molecule has 2 amide bonds. The minimum atomic E-state index is -0.849. The molecule has 0 fully saturated rings. The molecule has 1 aromatic carbocycles. The zero-order chi connectivity index (χ0) is 15.2. The van der Waals surface area contributed by atoms with Crippen LogP contribution in [0.1, 0.15) is 17.0 Å². The number of hydrogen-bond acceptors (Lipinski definition) is 5. The number of amides is 2. The zero-order valence-electron chi connectivity index (χ0n) is 11.3. The predicted molar refractivity (Wildman–Crippen MR) is 79.7 cm³/mol. The Balaban J connectivity index is 1.94. The van der Waals surface area contributed by atoms with Crippen molar-refractivity contribution in [1.29, 1.82) is 0 Å². The zero-order valence-corrected chi connectivity index (χ0v) is 12.1. The Bertz CT molecular complexity index is 656. The van der Waals surface area contributed by atoms with Crippen molar-refractivity contribution < 1.29 is 14.7 Å². The molecule has 1 heterocycles. The highest BCUT2D eigenvalue weighted by Crippen LogP contribution is 2.15. The molecular weight excluding hydrogens is 292 g/mol. The van der Waals surface area contributed by atoms with Crippen LogP contribution in [0.5, 0.6) is 0 Å². The first kappa shape index (κ1) is 14.9. The first-order valence-corrected chi connectivity index (χ1v) is 7.03. The van der Waals surface area contributed by atoms with Gasteiger partial charge in [-0.3, -0.25) is 10.1 Å². The minimum Gasteiger partial charge on any atom is -0.481 e. The van der Waals surface area contributed by atoms with Crippen LogP contribution in [0.25, 0.3) is 0 Å². The molecule has 1 aromatic heterocycles. The molecule has 0 aliphatic carbocycles. The molecule has 2 aromatic rings. The fraction of sp³-hybridized carbons (Fsp3) is 0.231. The van der Waals surface area contributed by atoms with Gasteiger partial charge in [0, 0.05) is 12.1 Å². The average molecular weight is 306 g/mol. The van der Waals surface area contributed by atoms with Crippen molar-refractivity contribution in [2.45, 2.75) is 19.8 Å². The number of nitrogens with zero attached hydrogens (tertiary/aromatic N) is 2. The van der Waals surface area contributed by atoms with Gasteiger partial charge in [-0.05, 0) is 31.0 Å². The monoisotopic (exact) mass is 306 g/mol. The second kappa shape index (κ2) is 6.80. The number of aryl methyl sites for hydroxylation is 2. The summed E-state index contributed by atoms with van der Waals surface area (Å²) in [5.74, 6) is -0.849. The third-order valence-electron chi connectivity index (χ3n) is 2.56. The van der Waals surface area contributed by atoms with Crippen LogP contribution in [0, 0.1) is 6.92 Å². The Labute approximate surface area is 125 Å². The van der Waals surface area contributed by atoms with E-state index in [1.54, 1.807) is 25.1 Å². The van der Waals surface area contributed by atoms with E-state index >= 15 is 0 Å². The van der Waals surface area contributed by atoms with Crippen LogP contribution in [0.2, 0.25) is 0 Å². The topological polar surface area (TPSA) is 104 Å². The molecule has 3 N–H and O–H groups in total. The molecule has 7 nitrogen and oxygen atoms in total. The molecule has 0 spiro atoms. The van der Waals surface area contributed by atoms with Crippen molar-refractivity contribution in [3.05, 3.63) is 34.8 Å². The molecule has 2 rings (SSSR count). The van der Waals surface area contributed by atoms with Crippen LogP contribution in [0.3, 0.4) is 0 Å². The van der Waals surface area contributed by atoms with E-state index < -0.39 is 12.0 Å². The Morgan fingerprint density at radius 3 is 2.76 bits per heavy atom. The van der Waals surface area contributed by atoms with Gasteiger partial charge >= 0.3 is 12.0 Å². The average Bonchev–Trinajstić information content (AvgIpc) is 2.82. The maximum absolute atomic E-state index is 11.8. The first-order chi connectivity index (χ1) is 10.0. The highest BCUT2D eigenvalue weighted by Gasteiger charge is 2.07. The van der Waals surface area contributed by atoms with Gasteiger partial charge in [-0.1, -0.05) is 23.5 Å². The maximum Gasteiger partial charge on any atom is 0.325 e. The third kappa shape index (κ3) is 4.84. The van der Waals surface area contributed by atoms with E-state index in [0.717, 1.165) is 10.6 Å². The third-order valence-corrected chi connectivity index (χ3v) is 3.31. The molecule has 8 heteroatoms. The second-order valence-electron chi connectivity index (χ2n) is 4.30. The summed E-state index contributed by atoms with van der Waals surface area (Å²) in [6.07, 6.45) is 0.474. The van der Waals surface area contributed by atoms with Crippen molar-refractivity contribution in [2.24, 2.45) is 0 Å². The van der Waals surface area contributed by atoms with Gasteiger partial charge in [0.15, 0.2) is 0 Å². The quantitative estimate of drug-likeness (QED) is 0.787. The van der Waals surface area contributed by atoms with Gasteiger partial charge in [0.25, 0.3) is 0 Å². The fourth-order valence-electron chi connectivity index (χ4n) is 1.66. The van der Waals surface area contributed by atoms with E-state index in [0.29, 0.717) is 17.2 Å². The number of benzene rings is 1. The summed E-state index contributed by atoms with van der Waals surface area (Å²) in [6, 6.07) is 6.65. The maximum atomic E-state index is 11.8. The lowest BCUT2D eigenvalue weighted by Gasteiger charge is -2.07. The first-order valence-electron chi connectivity index (χ1n) is 6.22. The van der Waals surface area contributed by atoms with Gasteiger partial charge in [-0.2, -0.15) is 0 Å². The van der Waals surface area contributed by atoms with Crippen LogP contribution in [-0.4, -0.2) is 27.3 Å². The van der Waals surface area contributed by atoms with Gasteiger partial charge in [0.2, 0.25) is 5.13 Å². The van der Waals surface area contributed by atoms with Gasteiger partial charge in [-0.25, -0.2) is 4.79 Å². The molecule has 21 heavy (non-hydrogen) atoms. The summed E-state index contributed by atoms with van der Waals surface area (Å²) in [7, 11) is 0. The van der Waals surface area contributed by atoms with Crippen molar-refractivity contribution in [1.82, 2.24) is 10.2 Å². The summed E-state index contributed by atoms with van der Waals surface area (Å²) in [4.78, 5) is 22.3. The van der Waals surface area contributed by atoms with Gasteiger partial charge in [0.05, 0.1) is 0 Å². The van der Waals surface area contributed by atoms with E-state index in [4.69, 9.17) is 5.11 Å². The number of hydrogen-bond donors (Lipinski definition) is 3. The van der Waals surface area contributed by atoms with Gasteiger partial charge < -0.3 is 10.4 Å².